The summed E-state index contributed by atoms with van der Waals surface area (Å²) in [5.41, 5.74) is 0.521. The summed E-state index contributed by atoms with van der Waals surface area (Å²) in [6.07, 6.45) is -5.05. The van der Waals surface area contributed by atoms with Crippen molar-refractivity contribution in [3.8, 4) is 17.5 Å². The molecule has 108 valence electrons. The number of alkyl halides is 3. The predicted octanol–water partition coefficient (Wildman–Crippen LogP) is 2.61. The summed E-state index contributed by atoms with van der Waals surface area (Å²) in [6.45, 7) is 0. The largest absolute Gasteiger partial charge is 0.470 e. The molecule has 1 N–H and O–H groups in total. The van der Waals surface area contributed by atoms with Crippen LogP contribution < -0.4 is 5.32 Å². The molecule has 1 aromatic heterocycles. The molecule has 21 heavy (non-hydrogen) atoms. The highest BCUT2D eigenvalue weighted by molar-refractivity contribution is 5.92. The van der Waals surface area contributed by atoms with Crippen molar-refractivity contribution in [2.75, 3.05) is 5.32 Å². The Bertz CT molecular complexity index is 703. The Kier molecular flexibility index (Phi) is 3.89. The number of hydrogen-bond acceptors (Lipinski definition) is 5. The number of halogens is 3. The van der Waals surface area contributed by atoms with E-state index in [2.05, 4.69) is 19.9 Å². The van der Waals surface area contributed by atoms with Crippen molar-refractivity contribution in [1.29, 1.82) is 5.26 Å². The zero-order chi connectivity index (χ0) is 15.5. The summed E-state index contributed by atoms with van der Waals surface area (Å²) in [4.78, 5) is 11.3. The molecule has 1 heterocycles. The number of amides is 1. The highest BCUT2D eigenvalue weighted by Crippen LogP contribution is 2.30. The third-order valence-corrected chi connectivity index (χ3v) is 2.30. The van der Waals surface area contributed by atoms with E-state index in [1.54, 1.807) is 6.07 Å². The molecule has 2 aromatic rings. The maximum absolute atomic E-state index is 12.4. The van der Waals surface area contributed by atoms with Crippen LogP contribution in [0, 0.1) is 11.3 Å². The molecule has 1 aromatic carbocycles. The average Bonchev–Trinajstić information content (AvgIpc) is 2.88. The molecule has 0 aliphatic carbocycles. The summed E-state index contributed by atoms with van der Waals surface area (Å²) in [5, 5.41) is 17.0. The molecular formula is C12H7F3N4O2. The normalized spacial score (nSPS) is 11.0. The molecule has 0 atom stereocenters. The molecule has 2 rings (SSSR count). The number of nitrogens with one attached hydrogen (secondary N) is 1. The van der Waals surface area contributed by atoms with Crippen molar-refractivity contribution in [2.45, 2.75) is 12.6 Å². The third-order valence-electron chi connectivity index (χ3n) is 2.30. The van der Waals surface area contributed by atoms with Gasteiger partial charge >= 0.3 is 12.1 Å². The van der Waals surface area contributed by atoms with Gasteiger partial charge in [-0.2, -0.15) is 18.4 Å². The topological polar surface area (TPSA) is 91.8 Å². The van der Waals surface area contributed by atoms with Crippen LogP contribution in [0.1, 0.15) is 12.3 Å². The van der Waals surface area contributed by atoms with Gasteiger partial charge in [0.05, 0.1) is 6.07 Å². The van der Waals surface area contributed by atoms with Crippen molar-refractivity contribution < 1.29 is 22.4 Å². The van der Waals surface area contributed by atoms with E-state index in [4.69, 9.17) is 5.26 Å². The standard InChI is InChI=1S/C12H7F3N4O2/c13-12(14,15)11-19-18-10(21-11)7-2-1-3-8(6-7)17-9(20)4-5-16/h1-3,6H,4H2,(H,17,20). The highest BCUT2D eigenvalue weighted by atomic mass is 19.4. The van der Waals surface area contributed by atoms with Crippen LogP contribution in [0.4, 0.5) is 18.9 Å². The Morgan fingerprint density at radius 2 is 2.14 bits per heavy atom. The molecular weight excluding hydrogens is 289 g/mol. The number of carbonyl (C=O) groups excluding carboxylic acids is 1. The van der Waals surface area contributed by atoms with Crippen LogP contribution >= 0.6 is 0 Å². The molecule has 0 aliphatic heterocycles. The van der Waals surface area contributed by atoms with E-state index < -0.39 is 18.0 Å². The second-order valence-corrected chi connectivity index (χ2v) is 3.87. The molecule has 0 aliphatic rings. The van der Waals surface area contributed by atoms with Gasteiger partial charge in [-0.05, 0) is 18.2 Å². The molecule has 0 unspecified atom stereocenters. The van der Waals surface area contributed by atoms with Gasteiger partial charge in [0, 0.05) is 11.3 Å². The van der Waals surface area contributed by atoms with Crippen LogP contribution in [0.25, 0.3) is 11.5 Å². The van der Waals surface area contributed by atoms with E-state index in [1.807, 2.05) is 0 Å². The number of aromatic nitrogens is 2. The Labute approximate surface area is 116 Å². The van der Waals surface area contributed by atoms with E-state index in [0.717, 1.165) is 0 Å². The van der Waals surface area contributed by atoms with Gasteiger partial charge in [0.15, 0.2) is 0 Å². The fraction of sp³-hybridized carbons (Fsp3) is 0.167. The zero-order valence-corrected chi connectivity index (χ0v) is 10.3. The first kappa shape index (κ1) is 14.5. The Morgan fingerprint density at radius 3 is 2.76 bits per heavy atom. The van der Waals surface area contributed by atoms with Crippen molar-refractivity contribution in [1.82, 2.24) is 10.2 Å². The minimum atomic E-state index is -4.72. The maximum Gasteiger partial charge on any atom is 0.470 e. The Hall–Kier alpha value is -2.89. The summed E-state index contributed by atoms with van der Waals surface area (Å²) < 4.78 is 41.6. The molecule has 0 spiro atoms. The zero-order valence-electron chi connectivity index (χ0n) is 10.3. The van der Waals surface area contributed by atoms with E-state index in [1.165, 1.54) is 24.3 Å². The van der Waals surface area contributed by atoms with Crippen molar-refractivity contribution >= 4 is 11.6 Å². The number of rotatable bonds is 3. The predicted molar refractivity (Wildman–Crippen MR) is 63.6 cm³/mol. The lowest BCUT2D eigenvalue weighted by molar-refractivity contribution is -0.156. The summed E-state index contributed by atoms with van der Waals surface area (Å²) in [6, 6.07) is 7.50. The van der Waals surface area contributed by atoms with Crippen LogP contribution in [0.5, 0.6) is 0 Å². The monoisotopic (exact) mass is 296 g/mol. The van der Waals surface area contributed by atoms with Crippen LogP contribution in [0.15, 0.2) is 28.7 Å². The molecule has 6 nitrogen and oxygen atoms in total. The molecule has 0 bridgehead atoms. The molecule has 1 amide bonds. The summed E-state index contributed by atoms with van der Waals surface area (Å²) >= 11 is 0. The number of benzene rings is 1. The third kappa shape index (κ3) is 3.56. The smallest absolute Gasteiger partial charge is 0.413 e. The van der Waals surface area contributed by atoms with Crippen LogP contribution in [-0.4, -0.2) is 16.1 Å². The molecule has 0 fully saturated rings. The minimum absolute atomic E-state index is 0.216. The number of hydrogen-bond donors (Lipinski definition) is 1. The van der Waals surface area contributed by atoms with Crippen molar-refractivity contribution in [3.63, 3.8) is 0 Å². The highest BCUT2D eigenvalue weighted by Gasteiger charge is 2.38. The van der Waals surface area contributed by atoms with Gasteiger partial charge in [-0.15, -0.1) is 10.2 Å². The number of carbonyl (C=O) groups is 1. The lowest BCUT2D eigenvalue weighted by Gasteiger charge is -2.03. The van der Waals surface area contributed by atoms with Crippen LogP contribution in [0.3, 0.4) is 0 Å². The second-order valence-electron chi connectivity index (χ2n) is 3.87. The first-order valence-corrected chi connectivity index (χ1v) is 5.58. The van der Waals surface area contributed by atoms with Gasteiger partial charge < -0.3 is 9.73 Å². The van der Waals surface area contributed by atoms with E-state index >= 15 is 0 Å². The first-order valence-electron chi connectivity index (χ1n) is 5.58. The maximum atomic E-state index is 12.4. The Morgan fingerprint density at radius 1 is 1.38 bits per heavy atom. The van der Waals surface area contributed by atoms with Crippen molar-refractivity contribution in [2.24, 2.45) is 0 Å². The molecule has 9 heteroatoms. The Balaban J connectivity index is 2.23. The van der Waals surface area contributed by atoms with E-state index in [9.17, 15) is 18.0 Å². The SMILES string of the molecule is N#CCC(=O)Nc1cccc(-c2nnc(C(F)(F)F)o2)c1. The van der Waals surface area contributed by atoms with Crippen LogP contribution in [0.2, 0.25) is 0 Å². The molecule has 0 saturated heterocycles. The van der Waals surface area contributed by atoms with Crippen molar-refractivity contribution in [3.05, 3.63) is 30.2 Å². The fourth-order valence-electron chi connectivity index (χ4n) is 1.46. The lowest BCUT2D eigenvalue weighted by atomic mass is 10.2. The van der Waals surface area contributed by atoms with Crippen LogP contribution in [-0.2, 0) is 11.0 Å². The summed E-state index contributed by atoms with van der Waals surface area (Å²) in [5.74, 6) is -2.30. The van der Waals surface area contributed by atoms with Gasteiger partial charge in [0.2, 0.25) is 11.8 Å². The first-order chi connectivity index (χ1) is 9.90. The quantitative estimate of drug-likeness (QED) is 0.939. The number of nitriles is 1. The summed E-state index contributed by atoms with van der Waals surface area (Å²) in [7, 11) is 0. The van der Waals surface area contributed by atoms with E-state index in [-0.39, 0.29) is 17.9 Å². The number of anilines is 1. The number of nitrogens with zero attached hydrogens (tertiary/aromatic N) is 3. The van der Waals surface area contributed by atoms with Gasteiger partial charge in [-0.3, -0.25) is 4.79 Å². The second kappa shape index (κ2) is 5.62. The molecule has 0 radical (unpaired) electrons. The van der Waals surface area contributed by atoms with Gasteiger partial charge in [-0.1, -0.05) is 6.07 Å². The fourth-order valence-corrected chi connectivity index (χ4v) is 1.46. The van der Waals surface area contributed by atoms with Gasteiger partial charge in [0.1, 0.15) is 6.42 Å². The minimum Gasteiger partial charge on any atom is -0.413 e. The van der Waals surface area contributed by atoms with Gasteiger partial charge in [0.25, 0.3) is 0 Å². The van der Waals surface area contributed by atoms with E-state index in [0.29, 0.717) is 5.69 Å². The average molecular weight is 296 g/mol. The lowest BCUT2D eigenvalue weighted by Crippen LogP contribution is -2.09. The molecule has 0 saturated carbocycles. The van der Waals surface area contributed by atoms with Gasteiger partial charge in [-0.25, -0.2) is 0 Å².